The predicted octanol–water partition coefficient (Wildman–Crippen LogP) is 3.06. The highest BCUT2D eigenvalue weighted by Gasteiger charge is 2.14. The number of aromatic nitrogens is 2. The second kappa shape index (κ2) is 5.74. The van der Waals surface area contributed by atoms with E-state index >= 15 is 0 Å². The van der Waals surface area contributed by atoms with Gasteiger partial charge >= 0.3 is 0 Å². The zero-order valence-electron chi connectivity index (χ0n) is 11.7. The second-order valence-corrected chi connectivity index (χ2v) is 6.32. The van der Waals surface area contributed by atoms with E-state index in [4.69, 9.17) is 11.6 Å². The molecule has 0 aliphatic carbocycles. The van der Waals surface area contributed by atoms with Crippen LogP contribution in [-0.4, -0.2) is 15.8 Å². The van der Waals surface area contributed by atoms with Crippen LogP contribution in [0, 0.1) is 5.41 Å². The topological polar surface area (TPSA) is 46.9 Å². The molecule has 5 heteroatoms. The molecule has 0 radical (unpaired) electrons. The van der Waals surface area contributed by atoms with Gasteiger partial charge in [0.25, 0.3) is 5.56 Å². The number of aryl methyl sites for hydroxylation is 1. The fraction of sp³-hybridized carbons (Fsp3) is 0.692. The molecule has 0 saturated carbocycles. The maximum absolute atomic E-state index is 11.6. The van der Waals surface area contributed by atoms with Crippen molar-refractivity contribution in [3.05, 3.63) is 21.6 Å². The first-order valence-electron chi connectivity index (χ1n) is 6.19. The van der Waals surface area contributed by atoms with Gasteiger partial charge in [-0.15, -0.1) is 0 Å². The van der Waals surface area contributed by atoms with Crippen LogP contribution in [0.4, 0.5) is 5.69 Å². The molecule has 0 aliphatic heterocycles. The Morgan fingerprint density at radius 2 is 2.11 bits per heavy atom. The van der Waals surface area contributed by atoms with E-state index in [1.165, 1.54) is 4.68 Å². The SMILES string of the molecule is CC(CCC(C)(C)C)Nc1cnn(C)c(=O)c1Cl. The molecule has 1 atom stereocenters. The van der Waals surface area contributed by atoms with E-state index in [2.05, 4.69) is 38.1 Å². The van der Waals surface area contributed by atoms with Crippen molar-refractivity contribution in [1.82, 2.24) is 9.78 Å². The molecule has 4 nitrogen and oxygen atoms in total. The molecule has 18 heavy (non-hydrogen) atoms. The van der Waals surface area contributed by atoms with E-state index in [0.29, 0.717) is 11.1 Å². The van der Waals surface area contributed by atoms with Crippen LogP contribution in [0.25, 0.3) is 0 Å². The first-order chi connectivity index (χ1) is 8.20. The van der Waals surface area contributed by atoms with E-state index in [1.807, 2.05) is 0 Å². The van der Waals surface area contributed by atoms with E-state index in [1.54, 1.807) is 13.2 Å². The van der Waals surface area contributed by atoms with E-state index in [0.717, 1.165) is 12.8 Å². The van der Waals surface area contributed by atoms with Crippen LogP contribution in [-0.2, 0) is 7.05 Å². The highest BCUT2D eigenvalue weighted by atomic mass is 35.5. The zero-order chi connectivity index (χ0) is 13.9. The normalized spacial score (nSPS) is 13.4. The molecule has 0 aliphatic rings. The first kappa shape index (κ1) is 15.0. The van der Waals surface area contributed by atoms with Gasteiger partial charge in [-0.2, -0.15) is 5.10 Å². The minimum atomic E-state index is -0.273. The van der Waals surface area contributed by atoms with E-state index in [9.17, 15) is 4.79 Å². The lowest BCUT2D eigenvalue weighted by Gasteiger charge is -2.22. The minimum Gasteiger partial charge on any atom is -0.380 e. The molecule has 0 amide bonds. The number of hydrogen-bond acceptors (Lipinski definition) is 3. The molecule has 1 rings (SSSR count). The quantitative estimate of drug-likeness (QED) is 0.916. The van der Waals surface area contributed by atoms with Gasteiger partial charge in [0, 0.05) is 13.1 Å². The fourth-order valence-corrected chi connectivity index (χ4v) is 1.82. The Morgan fingerprint density at radius 1 is 1.50 bits per heavy atom. The average Bonchev–Trinajstić information content (AvgIpc) is 2.26. The van der Waals surface area contributed by atoms with Crippen molar-refractivity contribution in [1.29, 1.82) is 0 Å². The molecule has 1 heterocycles. The summed E-state index contributed by atoms with van der Waals surface area (Å²) in [6, 6.07) is 0.260. The van der Waals surface area contributed by atoms with Crippen molar-refractivity contribution in [3.63, 3.8) is 0 Å². The lowest BCUT2D eigenvalue weighted by atomic mass is 9.89. The standard InChI is InChI=1S/C13H22ClN3O/c1-9(6-7-13(2,3)4)16-10-8-15-17(5)12(18)11(10)14/h8-9,16H,6-7H2,1-5H3. The van der Waals surface area contributed by atoms with Gasteiger partial charge in [-0.3, -0.25) is 4.79 Å². The van der Waals surface area contributed by atoms with Crippen LogP contribution in [0.3, 0.4) is 0 Å². The number of nitrogens with zero attached hydrogens (tertiary/aromatic N) is 2. The van der Waals surface area contributed by atoms with Gasteiger partial charge in [0.1, 0.15) is 5.02 Å². The van der Waals surface area contributed by atoms with Gasteiger partial charge in [-0.25, -0.2) is 4.68 Å². The first-order valence-corrected chi connectivity index (χ1v) is 6.57. The van der Waals surface area contributed by atoms with Gasteiger partial charge in [-0.05, 0) is 25.2 Å². The molecular weight excluding hydrogens is 250 g/mol. The van der Waals surface area contributed by atoms with Crippen LogP contribution < -0.4 is 10.9 Å². The number of anilines is 1. The van der Waals surface area contributed by atoms with Crippen LogP contribution in [0.1, 0.15) is 40.5 Å². The van der Waals surface area contributed by atoms with Gasteiger partial charge < -0.3 is 5.32 Å². The van der Waals surface area contributed by atoms with Crippen LogP contribution >= 0.6 is 11.6 Å². The largest absolute Gasteiger partial charge is 0.380 e. The lowest BCUT2D eigenvalue weighted by molar-refractivity contribution is 0.357. The molecule has 0 bridgehead atoms. The smallest absolute Gasteiger partial charge is 0.287 e. The number of hydrogen-bond donors (Lipinski definition) is 1. The van der Waals surface area contributed by atoms with Gasteiger partial charge in [0.05, 0.1) is 11.9 Å². The molecule has 0 saturated heterocycles. The maximum atomic E-state index is 11.6. The molecule has 102 valence electrons. The highest BCUT2D eigenvalue weighted by molar-refractivity contribution is 6.32. The van der Waals surface area contributed by atoms with E-state index in [-0.39, 0.29) is 16.6 Å². The summed E-state index contributed by atoms with van der Waals surface area (Å²) in [6.45, 7) is 8.73. The summed E-state index contributed by atoms with van der Waals surface area (Å²) in [6.07, 6.45) is 3.73. The van der Waals surface area contributed by atoms with Crippen molar-refractivity contribution >= 4 is 17.3 Å². The molecule has 0 fully saturated rings. The van der Waals surface area contributed by atoms with E-state index < -0.39 is 0 Å². The van der Waals surface area contributed by atoms with Crippen LogP contribution in [0.2, 0.25) is 5.02 Å². The summed E-state index contributed by atoms with van der Waals surface area (Å²) < 4.78 is 1.23. The number of halogens is 1. The monoisotopic (exact) mass is 271 g/mol. The summed E-state index contributed by atoms with van der Waals surface area (Å²) in [5.74, 6) is 0. The highest BCUT2D eigenvalue weighted by Crippen LogP contribution is 2.23. The molecule has 1 unspecified atom stereocenters. The summed E-state index contributed by atoms with van der Waals surface area (Å²) >= 11 is 6.00. The lowest BCUT2D eigenvalue weighted by Crippen LogP contribution is -2.24. The minimum absolute atomic E-state index is 0.204. The summed E-state index contributed by atoms with van der Waals surface area (Å²) in [4.78, 5) is 11.6. The van der Waals surface area contributed by atoms with Crippen molar-refractivity contribution in [3.8, 4) is 0 Å². The van der Waals surface area contributed by atoms with Crippen molar-refractivity contribution in [2.45, 2.75) is 46.6 Å². The Balaban J connectivity index is 2.68. The Morgan fingerprint density at radius 3 is 2.67 bits per heavy atom. The Bertz CT molecular complexity index is 462. The maximum Gasteiger partial charge on any atom is 0.287 e. The van der Waals surface area contributed by atoms with Crippen LogP contribution in [0.15, 0.2) is 11.0 Å². The average molecular weight is 272 g/mol. The molecule has 1 aromatic heterocycles. The second-order valence-electron chi connectivity index (χ2n) is 5.95. The third kappa shape index (κ3) is 4.33. The fourth-order valence-electron chi connectivity index (χ4n) is 1.60. The van der Waals surface area contributed by atoms with Gasteiger partial charge in [0.15, 0.2) is 0 Å². The van der Waals surface area contributed by atoms with Gasteiger partial charge in [-0.1, -0.05) is 32.4 Å². The van der Waals surface area contributed by atoms with Gasteiger partial charge in [0.2, 0.25) is 0 Å². The van der Waals surface area contributed by atoms with Crippen LogP contribution in [0.5, 0.6) is 0 Å². The summed E-state index contributed by atoms with van der Waals surface area (Å²) in [5.41, 5.74) is 0.649. The Hall–Kier alpha value is -1.03. The summed E-state index contributed by atoms with van der Waals surface area (Å²) in [5, 5.41) is 7.41. The molecular formula is C13H22ClN3O. The number of rotatable bonds is 4. The third-order valence-electron chi connectivity index (χ3n) is 2.81. The molecule has 0 spiro atoms. The molecule has 1 N–H and O–H groups in total. The predicted molar refractivity (Wildman–Crippen MR) is 76.3 cm³/mol. The zero-order valence-corrected chi connectivity index (χ0v) is 12.5. The molecule has 0 aromatic carbocycles. The Kier molecular flexibility index (Phi) is 4.79. The Labute approximate surface area is 113 Å². The van der Waals surface area contributed by atoms with Crippen molar-refractivity contribution in [2.75, 3.05) is 5.32 Å². The number of nitrogens with one attached hydrogen (secondary N) is 1. The van der Waals surface area contributed by atoms with Crippen molar-refractivity contribution in [2.24, 2.45) is 12.5 Å². The molecule has 1 aromatic rings. The third-order valence-corrected chi connectivity index (χ3v) is 3.17. The van der Waals surface area contributed by atoms with Crippen molar-refractivity contribution < 1.29 is 0 Å². The summed E-state index contributed by atoms with van der Waals surface area (Å²) in [7, 11) is 1.58.